The number of hydrogen-bond acceptors (Lipinski definition) is 4. The average molecular weight is 358 g/mol. The minimum Gasteiger partial charge on any atom is -0.366 e. The van der Waals surface area contributed by atoms with Gasteiger partial charge >= 0.3 is 0 Å². The molecule has 4 nitrogen and oxygen atoms in total. The number of ketones is 1. The Morgan fingerprint density at radius 1 is 1.16 bits per heavy atom. The van der Waals surface area contributed by atoms with Gasteiger partial charge in [0.2, 0.25) is 5.91 Å². The molecular formula is C19H19FN2O2S. The zero-order valence-corrected chi connectivity index (χ0v) is 14.8. The zero-order chi connectivity index (χ0) is 17.8. The Morgan fingerprint density at radius 2 is 1.92 bits per heavy atom. The predicted molar refractivity (Wildman–Crippen MR) is 98.6 cm³/mol. The molecule has 6 heteroatoms. The summed E-state index contributed by atoms with van der Waals surface area (Å²) >= 11 is 1.59. The molecule has 1 fully saturated rings. The molecule has 3 rings (SSSR count). The number of Topliss-reactive ketones (excluding diaryl/α,β-unsaturated/α-hetero) is 1. The zero-order valence-electron chi connectivity index (χ0n) is 13.9. The molecule has 0 aliphatic carbocycles. The molecule has 1 aliphatic heterocycles. The highest BCUT2D eigenvalue weighted by atomic mass is 32.1. The van der Waals surface area contributed by atoms with Crippen molar-refractivity contribution in [2.24, 2.45) is 0 Å². The molecule has 2 heterocycles. The van der Waals surface area contributed by atoms with Gasteiger partial charge in [0, 0.05) is 37.8 Å². The van der Waals surface area contributed by atoms with E-state index in [4.69, 9.17) is 0 Å². The van der Waals surface area contributed by atoms with Gasteiger partial charge in [-0.15, -0.1) is 0 Å². The van der Waals surface area contributed by atoms with Crippen LogP contribution in [0, 0.1) is 5.82 Å². The second-order valence-corrected chi connectivity index (χ2v) is 6.70. The number of carbonyl (C=O) groups excluding carboxylic acids is 2. The fraction of sp³-hybridized carbons (Fsp3) is 0.263. The van der Waals surface area contributed by atoms with E-state index in [0.717, 1.165) is 5.56 Å². The van der Waals surface area contributed by atoms with Gasteiger partial charge in [-0.3, -0.25) is 9.59 Å². The molecular weight excluding hydrogens is 339 g/mol. The number of benzene rings is 1. The molecule has 0 atom stereocenters. The Hall–Kier alpha value is -2.47. The maximum atomic E-state index is 14.2. The molecule has 0 bridgehead atoms. The third kappa shape index (κ3) is 4.14. The molecule has 130 valence electrons. The summed E-state index contributed by atoms with van der Waals surface area (Å²) in [5.41, 5.74) is 1.86. The van der Waals surface area contributed by atoms with Crippen molar-refractivity contribution in [1.82, 2.24) is 4.90 Å². The Labute approximate surface area is 150 Å². The first kappa shape index (κ1) is 17.4. The number of nitrogens with zero attached hydrogens (tertiary/aromatic N) is 2. The van der Waals surface area contributed by atoms with Gasteiger partial charge in [0.15, 0.2) is 5.78 Å². The lowest BCUT2D eigenvalue weighted by atomic mass is 10.1. The smallest absolute Gasteiger partial charge is 0.246 e. The number of hydrogen-bond donors (Lipinski definition) is 0. The van der Waals surface area contributed by atoms with Gasteiger partial charge in [-0.2, -0.15) is 11.3 Å². The van der Waals surface area contributed by atoms with E-state index in [2.05, 4.69) is 0 Å². The number of anilines is 1. The average Bonchev–Trinajstić information content (AvgIpc) is 3.13. The minimum absolute atomic E-state index is 0.0294. The monoisotopic (exact) mass is 358 g/mol. The van der Waals surface area contributed by atoms with Gasteiger partial charge in [0.1, 0.15) is 5.82 Å². The van der Waals surface area contributed by atoms with Crippen LogP contribution in [0.3, 0.4) is 0 Å². The molecule has 1 aliphatic rings. The summed E-state index contributed by atoms with van der Waals surface area (Å²) in [5, 5.41) is 3.95. The molecule has 1 amide bonds. The first-order chi connectivity index (χ1) is 12.0. The fourth-order valence-electron chi connectivity index (χ4n) is 2.79. The van der Waals surface area contributed by atoms with Crippen molar-refractivity contribution in [2.45, 2.75) is 6.92 Å². The summed E-state index contributed by atoms with van der Waals surface area (Å²) in [5.74, 6) is -0.582. The normalized spacial score (nSPS) is 15.0. The summed E-state index contributed by atoms with van der Waals surface area (Å²) < 4.78 is 14.2. The van der Waals surface area contributed by atoms with Crippen LogP contribution in [0.5, 0.6) is 0 Å². The third-order valence-electron chi connectivity index (χ3n) is 4.25. The van der Waals surface area contributed by atoms with Crippen molar-refractivity contribution in [1.29, 1.82) is 0 Å². The number of thiophene rings is 1. The lowest BCUT2D eigenvalue weighted by molar-refractivity contribution is -0.126. The van der Waals surface area contributed by atoms with Crippen molar-refractivity contribution in [3.8, 4) is 0 Å². The Bertz CT molecular complexity index is 794. The van der Waals surface area contributed by atoms with Gasteiger partial charge < -0.3 is 9.80 Å². The Morgan fingerprint density at radius 3 is 2.52 bits per heavy atom. The van der Waals surface area contributed by atoms with Crippen LogP contribution in [-0.2, 0) is 4.79 Å². The highest BCUT2D eigenvalue weighted by molar-refractivity contribution is 7.08. The van der Waals surface area contributed by atoms with Crippen LogP contribution in [-0.4, -0.2) is 42.8 Å². The van der Waals surface area contributed by atoms with E-state index in [0.29, 0.717) is 37.4 Å². The van der Waals surface area contributed by atoms with Crippen molar-refractivity contribution < 1.29 is 14.0 Å². The van der Waals surface area contributed by atoms with Gasteiger partial charge in [-0.05, 0) is 53.6 Å². The van der Waals surface area contributed by atoms with E-state index in [-0.39, 0.29) is 11.7 Å². The number of amides is 1. The fourth-order valence-corrected chi connectivity index (χ4v) is 3.42. The van der Waals surface area contributed by atoms with Crippen molar-refractivity contribution in [3.63, 3.8) is 0 Å². The molecule has 25 heavy (non-hydrogen) atoms. The van der Waals surface area contributed by atoms with Crippen LogP contribution in [0.4, 0.5) is 10.1 Å². The summed E-state index contributed by atoms with van der Waals surface area (Å²) in [6, 6.07) is 6.51. The molecule has 0 spiro atoms. The molecule has 0 radical (unpaired) electrons. The van der Waals surface area contributed by atoms with E-state index in [1.54, 1.807) is 34.4 Å². The summed E-state index contributed by atoms with van der Waals surface area (Å²) in [6.45, 7) is 3.63. The van der Waals surface area contributed by atoms with Crippen LogP contribution in [0.1, 0.15) is 22.8 Å². The van der Waals surface area contributed by atoms with E-state index >= 15 is 0 Å². The SMILES string of the molecule is CC(=O)c1ccc(N2CCN(C(=O)C=Cc3ccsc3)CC2)c(F)c1. The second kappa shape index (κ2) is 7.61. The topological polar surface area (TPSA) is 40.6 Å². The minimum atomic E-state index is -0.398. The van der Waals surface area contributed by atoms with Gasteiger partial charge in [-0.1, -0.05) is 0 Å². The van der Waals surface area contributed by atoms with Crippen LogP contribution in [0.2, 0.25) is 0 Å². The largest absolute Gasteiger partial charge is 0.366 e. The van der Waals surface area contributed by atoms with Crippen LogP contribution in [0.15, 0.2) is 41.1 Å². The van der Waals surface area contributed by atoms with Crippen LogP contribution < -0.4 is 4.90 Å². The van der Waals surface area contributed by atoms with Crippen molar-refractivity contribution in [2.75, 3.05) is 31.1 Å². The lowest BCUT2D eigenvalue weighted by Gasteiger charge is -2.35. The van der Waals surface area contributed by atoms with Crippen molar-refractivity contribution >= 4 is 34.8 Å². The highest BCUT2D eigenvalue weighted by Gasteiger charge is 2.22. The maximum absolute atomic E-state index is 14.2. The highest BCUT2D eigenvalue weighted by Crippen LogP contribution is 2.22. The third-order valence-corrected chi connectivity index (χ3v) is 4.95. The molecule has 1 aromatic carbocycles. The van der Waals surface area contributed by atoms with Gasteiger partial charge in [-0.25, -0.2) is 4.39 Å². The summed E-state index contributed by atoms with van der Waals surface area (Å²) in [6.07, 6.45) is 3.39. The maximum Gasteiger partial charge on any atom is 0.246 e. The standard InChI is InChI=1S/C19H19FN2O2S/c1-14(23)16-3-4-18(17(20)12-16)21-7-9-22(10-8-21)19(24)5-2-15-6-11-25-13-15/h2-6,11-13H,7-10H2,1H3. The predicted octanol–water partition coefficient (Wildman–Crippen LogP) is 3.45. The number of piperazine rings is 1. The Kier molecular flexibility index (Phi) is 5.28. The molecule has 0 N–H and O–H groups in total. The van der Waals surface area contributed by atoms with Gasteiger partial charge in [0.05, 0.1) is 5.69 Å². The van der Waals surface area contributed by atoms with E-state index < -0.39 is 5.82 Å². The number of halogens is 1. The lowest BCUT2D eigenvalue weighted by Crippen LogP contribution is -2.48. The summed E-state index contributed by atoms with van der Waals surface area (Å²) in [7, 11) is 0. The molecule has 1 aromatic heterocycles. The van der Waals surface area contributed by atoms with Gasteiger partial charge in [0.25, 0.3) is 0 Å². The molecule has 2 aromatic rings. The molecule has 1 saturated heterocycles. The van der Waals surface area contributed by atoms with Crippen LogP contribution >= 0.6 is 11.3 Å². The quantitative estimate of drug-likeness (QED) is 0.621. The van der Waals surface area contributed by atoms with Crippen molar-refractivity contribution in [3.05, 3.63) is 58.0 Å². The van der Waals surface area contributed by atoms with E-state index in [1.807, 2.05) is 27.8 Å². The van der Waals surface area contributed by atoms with E-state index in [9.17, 15) is 14.0 Å². The van der Waals surface area contributed by atoms with Crippen LogP contribution in [0.25, 0.3) is 6.08 Å². The molecule has 0 saturated carbocycles. The van der Waals surface area contributed by atoms with E-state index in [1.165, 1.54) is 13.0 Å². The number of carbonyl (C=O) groups is 2. The summed E-state index contributed by atoms with van der Waals surface area (Å²) in [4.78, 5) is 27.2. The first-order valence-corrected chi connectivity index (χ1v) is 9.03. The second-order valence-electron chi connectivity index (χ2n) is 5.92. The molecule has 0 unspecified atom stereocenters. The first-order valence-electron chi connectivity index (χ1n) is 8.09. The number of rotatable bonds is 4. The Balaban J connectivity index is 1.60.